The second-order valence-corrected chi connectivity index (χ2v) is 8.70. The van der Waals surface area contributed by atoms with Gasteiger partial charge in [-0.1, -0.05) is 24.3 Å². The Labute approximate surface area is 201 Å². The Kier molecular flexibility index (Phi) is 7.71. The van der Waals surface area contributed by atoms with Crippen molar-refractivity contribution in [2.24, 2.45) is 0 Å². The van der Waals surface area contributed by atoms with Gasteiger partial charge in [0.25, 0.3) is 11.6 Å². The summed E-state index contributed by atoms with van der Waals surface area (Å²) in [5.74, 6) is -0.137. The van der Waals surface area contributed by atoms with Crippen LogP contribution in [0.3, 0.4) is 0 Å². The predicted octanol–water partition coefficient (Wildman–Crippen LogP) is 4.16. The molecule has 1 aliphatic heterocycles. The molecule has 0 unspecified atom stereocenters. The van der Waals surface area contributed by atoms with Gasteiger partial charge in [0.1, 0.15) is 12.2 Å². The normalized spacial score (nSPS) is 13.6. The molecule has 3 aromatic rings. The zero-order valence-corrected chi connectivity index (χ0v) is 19.7. The molecule has 1 fully saturated rings. The molecule has 4 rings (SSSR count). The third-order valence-corrected chi connectivity index (χ3v) is 6.37. The number of benzene rings is 2. The number of nitrogens with one attached hydrogen (secondary N) is 1. The number of nitro benzene ring substituents is 1. The summed E-state index contributed by atoms with van der Waals surface area (Å²) in [5, 5.41) is 16.4. The van der Waals surface area contributed by atoms with Crippen molar-refractivity contribution in [3.8, 4) is 11.5 Å². The summed E-state index contributed by atoms with van der Waals surface area (Å²) in [5.41, 5.74) is 4.07. The molecule has 2 heterocycles. The second kappa shape index (κ2) is 11.1. The molecule has 2 aromatic carbocycles. The van der Waals surface area contributed by atoms with Crippen LogP contribution in [0.25, 0.3) is 0 Å². The maximum Gasteiger partial charge on any atom is 0.286 e. The number of ether oxygens (including phenoxy) is 2. The average Bonchev–Trinajstić information content (AvgIpc) is 3.56. The van der Waals surface area contributed by atoms with Gasteiger partial charge in [-0.05, 0) is 37.1 Å². The van der Waals surface area contributed by atoms with Gasteiger partial charge in [-0.3, -0.25) is 19.8 Å². The SMILES string of the molecule is COc1cc(C(=O)NCc2ccccc2CN2CCCC2)c([N+](=O)[O-])cc1OCc1cscn1. The molecule has 0 bridgehead atoms. The molecule has 0 saturated carbocycles. The maximum absolute atomic E-state index is 13.0. The first-order chi connectivity index (χ1) is 16.5. The number of aromatic nitrogens is 1. The van der Waals surface area contributed by atoms with Gasteiger partial charge in [0.15, 0.2) is 11.5 Å². The second-order valence-electron chi connectivity index (χ2n) is 7.98. The standard InChI is InChI=1S/C24H26N4O5S/c1-32-22-10-20(21(28(30)31)11-23(22)33-14-19-15-34-16-26-19)24(29)25-12-17-6-2-3-7-18(17)13-27-8-4-5-9-27/h2-3,6-7,10-11,15-16H,4-5,8-9,12-14H2,1H3,(H,25,29). The van der Waals surface area contributed by atoms with Gasteiger partial charge in [-0.15, -0.1) is 11.3 Å². The number of amides is 1. The lowest BCUT2D eigenvalue weighted by atomic mass is 10.1. The minimum absolute atomic E-state index is 0.0834. The molecule has 178 valence electrons. The molecule has 1 aliphatic rings. The molecule has 1 N–H and O–H groups in total. The van der Waals surface area contributed by atoms with E-state index in [0.717, 1.165) is 30.8 Å². The van der Waals surface area contributed by atoms with Crippen molar-refractivity contribution in [3.63, 3.8) is 0 Å². The minimum atomic E-state index is -0.592. The van der Waals surface area contributed by atoms with Crippen molar-refractivity contribution in [2.75, 3.05) is 20.2 Å². The Hall–Kier alpha value is -3.50. The Morgan fingerprint density at radius 3 is 2.65 bits per heavy atom. The van der Waals surface area contributed by atoms with Gasteiger partial charge in [-0.2, -0.15) is 0 Å². The number of hydrogen-bond acceptors (Lipinski definition) is 8. The molecule has 0 atom stereocenters. The molecule has 1 amide bonds. The van der Waals surface area contributed by atoms with Crippen LogP contribution in [0.4, 0.5) is 5.69 Å². The fraction of sp³-hybridized carbons (Fsp3) is 0.333. The number of hydrogen-bond donors (Lipinski definition) is 1. The van der Waals surface area contributed by atoms with Gasteiger partial charge in [0.05, 0.1) is 29.3 Å². The van der Waals surface area contributed by atoms with Crippen LogP contribution in [0.1, 0.15) is 40.0 Å². The molecule has 9 nitrogen and oxygen atoms in total. The molecule has 1 saturated heterocycles. The largest absolute Gasteiger partial charge is 0.493 e. The average molecular weight is 483 g/mol. The molecule has 10 heteroatoms. The first-order valence-electron chi connectivity index (χ1n) is 11.0. The van der Waals surface area contributed by atoms with Crippen molar-refractivity contribution in [2.45, 2.75) is 32.5 Å². The number of rotatable bonds is 10. The van der Waals surface area contributed by atoms with Gasteiger partial charge in [0, 0.05) is 24.5 Å². The lowest BCUT2D eigenvalue weighted by Gasteiger charge is -2.18. The third kappa shape index (κ3) is 5.70. The fourth-order valence-electron chi connectivity index (χ4n) is 3.95. The summed E-state index contributed by atoms with van der Waals surface area (Å²) in [7, 11) is 1.42. The van der Waals surface area contributed by atoms with Gasteiger partial charge >= 0.3 is 0 Å². The lowest BCUT2D eigenvalue weighted by molar-refractivity contribution is -0.385. The van der Waals surface area contributed by atoms with Crippen molar-refractivity contribution < 1.29 is 19.2 Å². The van der Waals surface area contributed by atoms with Crippen LogP contribution < -0.4 is 14.8 Å². The summed E-state index contributed by atoms with van der Waals surface area (Å²) in [4.78, 5) is 30.7. The molecule has 0 radical (unpaired) electrons. The summed E-state index contributed by atoms with van der Waals surface area (Å²) < 4.78 is 11.0. The lowest BCUT2D eigenvalue weighted by Crippen LogP contribution is -2.25. The number of nitro groups is 1. The molecule has 0 spiro atoms. The molecule has 1 aromatic heterocycles. The van der Waals surface area contributed by atoms with Gasteiger partial charge in [0.2, 0.25) is 0 Å². The molecule has 0 aliphatic carbocycles. The predicted molar refractivity (Wildman–Crippen MR) is 128 cm³/mol. The fourth-order valence-corrected chi connectivity index (χ4v) is 4.49. The highest BCUT2D eigenvalue weighted by molar-refractivity contribution is 7.07. The Morgan fingerprint density at radius 2 is 1.97 bits per heavy atom. The van der Waals surface area contributed by atoms with Crippen LogP contribution >= 0.6 is 11.3 Å². The molecular formula is C24H26N4O5S. The Bertz CT molecular complexity index is 1150. The highest BCUT2D eigenvalue weighted by Crippen LogP contribution is 2.35. The zero-order chi connectivity index (χ0) is 23.9. The van der Waals surface area contributed by atoms with E-state index >= 15 is 0 Å². The first kappa shape index (κ1) is 23.7. The topological polar surface area (TPSA) is 107 Å². The van der Waals surface area contributed by atoms with E-state index < -0.39 is 10.8 Å². The highest BCUT2D eigenvalue weighted by Gasteiger charge is 2.25. The van der Waals surface area contributed by atoms with Gasteiger partial charge < -0.3 is 14.8 Å². The van der Waals surface area contributed by atoms with E-state index in [-0.39, 0.29) is 35.9 Å². The van der Waals surface area contributed by atoms with Crippen LogP contribution in [-0.2, 0) is 19.7 Å². The minimum Gasteiger partial charge on any atom is -0.493 e. The number of nitrogens with zero attached hydrogens (tertiary/aromatic N) is 3. The number of carbonyl (C=O) groups excluding carboxylic acids is 1. The van der Waals surface area contributed by atoms with E-state index in [4.69, 9.17) is 9.47 Å². The zero-order valence-electron chi connectivity index (χ0n) is 18.9. The molecule has 34 heavy (non-hydrogen) atoms. The van der Waals surface area contributed by atoms with E-state index in [1.807, 2.05) is 23.6 Å². The summed E-state index contributed by atoms with van der Waals surface area (Å²) >= 11 is 1.43. The van der Waals surface area contributed by atoms with Gasteiger partial charge in [-0.25, -0.2) is 4.98 Å². The molecular weight excluding hydrogens is 456 g/mol. The van der Waals surface area contributed by atoms with E-state index in [1.165, 1.54) is 43.4 Å². The number of thiazole rings is 1. The monoisotopic (exact) mass is 482 g/mol. The Morgan fingerprint density at radius 1 is 1.21 bits per heavy atom. The summed E-state index contributed by atoms with van der Waals surface area (Å²) in [6, 6.07) is 10.5. The van der Waals surface area contributed by atoms with Crippen LogP contribution in [0.2, 0.25) is 0 Å². The van der Waals surface area contributed by atoms with Crippen LogP contribution in [0, 0.1) is 10.1 Å². The van der Waals surface area contributed by atoms with E-state index in [2.05, 4.69) is 21.3 Å². The smallest absolute Gasteiger partial charge is 0.286 e. The van der Waals surface area contributed by atoms with Crippen LogP contribution in [0.15, 0.2) is 47.3 Å². The van der Waals surface area contributed by atoms with E-state index in [0.29, 0.717) is 5.69 Å². The quantitative estimate of drug-likeness (QED) is 0.341. The van der Waals surface area contributed by atoms with Crippen molar-refractivity contribution >= 4 is 22.9 Å². The van der Waals surface area contributed by atoms with Crippen LogP contribution in [0.5, 0.6) is 11.5 Å². The Balaban J connectivity index is 1.50. The van der Waals surface area contributed by atoms with E-state index in [1.54, 1.807) is 5.51 Å². The number of methoxy groups -OCH3 is 1. The summed E-state index contributed by atoms with van der Waals surface area (Å²) in [6.07, 6.45) is 2.40. The third-order valence-electron chi connectivity index (χ3n) is 5.73. The van der Waals surface area contributed by atoms with Crippen LogP contribution in [-0.4, -0.2) is 40.9 Å². The van der Waals surface area contributed by atoms with E-state index in [9.17, 15) is 14.9 Å². The van der Waals surface area contributed by atoms with Crippen molar-refractivity contribution in [1.82, 2.24) is 15.2 Å². The number of carbonyl (C=O) groups is 1. The summed E-state index contributed by atoms with van der Waals surface area (Å²) in [6.45, 7) is 3.37. The maximum atomic E-state index is 13.0. The van der Waals surface area contributed by atoms with Crippen molar-refractivity contribution in [1.29, 1.82) is 0 Å². The first-order valence-corrected chi connectivity index (χ1v) is 11.9. The van der Waals surface area contributed by atoms with Crippen molar-refractivity contribution in [3.05, 3.63) is 79.8 Å². The number of likely N-dealkylation sites (tertiary alicyclic amines) is 1. The highest BCUT2D eigenvalue weighted by atomic mass is 32.1.